The molecule has 1 aliphatic heterocycles. The van der Waals surface area contributed by atoms with Crippen molar-refractivity contribution in [1.82, 2.24) is 9.47 Å². The van der Waals surface area contributed by atoms with Crippen LogP contribution < -0.4 is 0 Å². The predicted molar refractivity (Wildman–Crippen MR) is 110 cm³/mol. The molecule has 0 fully saturated rings. The quantitative estimate of drug-likeness (QED) is 0.680. The highest BCUT2D eigenvalue weighted by molar-refractivity contribution is 9.18. The van der Waals surface area contributed by atoms with Crippen LogP contribution in [0.2, 0.25) is 0 Å². The molecule has 0 spiro atoms. The van der Waals surface area contributed by atoms with Crippen molar-refractivity contribution in [2.45, 2.75) is 25.7 Å². The third-order valence-electron chi connectivity index (χ3n) is 5.52. The molecule has 0 amide bonds. The van der Waals surface area contributed by atoms with Gasteiger partial charge in [0.2, 0.25) is 0 Å². The van der Waals surface area contributed by atoms with Crippen molar-refractivity contribution in [1.29, 1.82) is 0 Å². The van der Waals surface area contributed by atoms with Crippen molar-refractivity contribution in [2.24, 2.45) is 16.8 Å². The lowest BCUT2D eigenvalue weighted by atomic mass is 9.82. The Balaban J connectivity index is 1.80. The number of hydrogen-bond acceptors (Lipinski definition) is 3. The number of aliphatic imine (C=N–C) groups is 1. The Bertz CT molecular complexity index is 857. The van der Waals surface area contributed by atoms with Gasteiger partial charge in [-0.2, -0.15) is 0 Å². The van der Waals surface area contributed by atoms with Gasteiger partial charge in [0.1, 0.15) is 10.9 Å². The number of aromatic nitrogens is 1. The smallest absolute Gasteiger partial charge is 0.127 e. The van der Waals surface area contributed by atoms with Crippen molar-refractivity contribution in [2.75, 3.05) is 20.6 Å². The number of hydrogen-bond donors (Lipinski definition) is 0. The van der Waals surface area contributed by atoms with Crippen molar-refractivity contribution in [3.8, 4) is 0 Å². The van der Waals surface area contributed by atoms with Crippen LogP contribution in [0.3, 0.4) is 0 Å². The molecule has 2 heterocycles. The van der Waals surface area contributed by atoms with Gasteiger partial charge in [0.25, 0.3) is 0 Å². The molecular weight excluding hydrogens is 390 g/mol. The molecule has 0 saturated heterocycles. The molecule has 0 radical (unpaired) electrons. The summed E-state index contributed by atoms with van der Waals surface area (Å²) in [7, 11) is 4.17. The molecule has 0 aromatic carbocycles. The van der Waals surface area contributed by atoms with E-state index < -0.39 is 0 Å². The first-order valence-corrected chi connectivity index (χ1v) is 10.1. The lowest BCUT2D eigenvalue weighted by molar-refractivity contribution is -0.110. The zero-order chi connectivity index (χ0) is 18.3. The van der Waals surface area contributed by atoms with E-state index in [1.807, 2.05) is 0 Å². The van der Waals surface area contributed by atoms with Gasteiger partial charge in [-0.25, -0.2) is 4.99 Å². The molecule has 136 valence electrons. The average molecular weight is 414 g/mol. The van der Waals surface area contributed by atoms with Crippen LogP contribution in [-0.2, 0) is 11.2 Å². The maximum absolute atomic E-state index is 11.7. The van der Waals surface area contributed by atoms with Crippen LogP contribution in [0.4, 0.5) is 0 Å². The fourth-order valence-corrected chi connectivity index (χ4v) is 4.77. The van der Waals surface area contributed by atoms with Gasteiger partial charge >= 0.3 is 0 Å². The van der Waals surface area contributed by atoms with Crippen LogP contribution in [0.25, 0.3) is 11.3 Å². The summed E-state index contributed by atoms with van der Waals surface area (Å²) in [5.74, 6) is 0.0212. The molecule has 0 bridgehead atoms. The number of aryl methyl sites for hydroxylation is 1. The number of allylic oxidation sites excluding steroid dienone is 6. The summed E-state index contributed by atoms with van der Waals surface area (Å²) in [6, 6.07) is 2.22. The van der Waals surface area contributed by atoms with Crippen molar-refractivity contribution < 1.29 is 4.79 Å². The summed E-state index contributed by atoms with van der Waals surface area (Å²) < 4.78 is 3.16. The molecule has 1 aromatic heterocycles. The summed E-state index contributed by atoms with van der Waals surface area (Å²) in [5, 5.41) is 0. The van der Waals surface area contributed by atoms with Gasteiger partial charge in [0.15, 0.2) is 0 Å². The van der Waals surface area contributed by atoms with Crippen LogP contribution in [0.1, 0.15) is 30.5 Å². The monoisotopic (exact) mass is 413 g/mol. The minimum Gasteiger partial charge on any atom is -0.314 e. The molecule has 3 aliphatic rings. The summed E-state index contributed by atoms with van der Waals surface area (Å²) >= 11 is 3.72. The second-order valence-electron chi connectivity index (χ2n) is 7.51. The fourth-order valence-electron chi connectivity index (χ4n) is 4.23. The van der Waals surface area contributed by atoms with Crippen LogP contribution >= 0.6 is 15.9 Å². The third kappa shape index (κ3) is 2.97. The standard InChI is InChI=1S/C21H24BrN3O/c1-24(2)11-4-7-16-15(13-26)8-9-18-19(16)23-21(22)17-6-3-5-14-10-12-25(18)20(14)17/h6,8-10,12-13,15-16H,3-5,7,11H2,1-2H3. The zero-order valence-corrected chi connectivity index (χ0v) is 16.9. The fraction of sp³-hybridized carbons (Fsp3) is 0.429. The second-order valence-corrected chi connectivity index (χ2v) is 8.26. The van der Waals surface area contributed by atoms with Crippen LogP contribution in [0, 0.1) is 11.8 Å². The summed E-state index contributed by atoms with van der Waals surface area (Å²) in [4.78, 5) is 18.9. The number of fused-ring (bicyclic) bond motifs is 1. The molecule has 2 aliphatic carbocycles. The predicted octanol–water partition coefficient (Wildman–Crippen LogP) is 4.14. The maximum Gasteiger partial charge on any atom is 0.127 e. The van der Waals surface area contributed by atoms with E-state index in [2.05, 4.69) is 70.0 Å². The normalized spacial score (nSPS) is 24.0. The summed E-state index contributed by atoms with van der Waals surface area (Å²) in [5.41, 5.74) is 5.94. The Kier molecular flexibility index (Phi) is 4.84. The molecule has 4 nitrogen and oxygen atoms in total. The lowest BCUT2D eigenvalue weighted by Gasteiger charge is -2.27. The Labute approximate surface area is 163 Å². The summed E-state index contributed by atoms with van der Waals surface area (Å²) in [6.07, 6.45) is 13.8. The minimum absolute atomic E-state index is 0.103. The lowest BCUT2D eigenvalue weighted by Crippen LogP contribution is -2.23. The highest BCUT2D eigenvalue weighted by Crippen LogP contribution is 2.42. The van der Waals surface area contributed by atoms with E-state index in [4.69, 9.17) is 4.99 Å². The van der Waals surface area contributed by atoms with Crippen LogP contribution in [-0.4, -0.2) is 41.0 Å². The number of carbonyl (C=O) groups is 1. The van der Waals surface area contributed by atoms with Gasteiger partial charge in [-0.1, -0.05) is 12.2 Å². The molecule has 0 N–H and O–H groups in total. The molecule has 1 aromatic rings. The van der Waals surface area contributed by atoms with Gasteiger partial charge in [0, 0.05) is 23.6 Å². The first kappa shape index (κ1) is 17.7. The van der Waals surface area contributed by atoms with Crippen LogP contribution in [0.5, 0.6) is 0 Å². The molecule has 4 rings (SSSR count). The first-order valence-electron chi connectivity index (χ1n) is 9.28. The van der Waals surface area contributed by atoms with E-state index in [1.54, 1.807) is 0 Å². The molecule has 26 heavy (non-hydrogen) atoms. The largest absolute Gasteiger partial charge is 0.314 e. The average Bonchev–Trinajstić information content (AvgIpc) is 3.00. The van der Waals surface area contributed by atoms with Crippen molar-refractivity contribution in [3.05, 3.63) is 47.4 Å². The van der Waals surface area contributed by atoms with Gasteiger partial charge in [0.05, 0.1) is 17.1 Å². The van der Waals surface area contributed by atoms with E-state index in [1.165, 1.54) is 16.8 Å². The van der Waals surface area contributed by atoms with Gasteiger partial charge < -0.3 is 14.3 Å². The third-order valence-corrected chi connectivity index (χ3v) is 6.12. The van der Waals surface area contributed by atoms with E-state index in [-0.39, 0.29) is 11.8 Å². The second kappa shape index (κ2) is 7.12. The van der Waals surface area contributed by atoms with Gasteiger partial charge in [-0.15, -0.1) is 0 Å². The highest BCUT2D eigenvalue weighted by Gasteiger charge is 2.33. The van der Waals surface area contributed by atoms with E-state index in [9.17, 15) is 4.79 Å². The zero-order valence-electron chi connectivity index (χ0n) is 15.3. The first-order chi connectivity index (χ1) is 12.6. The Morgan fingerprint density at radius 1 is 1.42 bits per heavy atom. The van der Waals surface area contributed by atoms with Crippen LogP contribution in [0.15, 0.2) is 41.2 Å². The number of carbonyl (C=O) groups excluding carboxylic acids is 1. The Morgan fingerprint density at radius 3 is 3.04 bits per heavy atom. The topological polar surface area (TPSA) is 37.6 Å². The van der Waals surface area contributed by atoms with Gasteiger partial charge in [-0.05, 0) is 80.0 Å². The van der Waals surface area contributed by atoms with Gasteiger partial charge in [-0.3, -0.25) is 0 Å². The molecule has 2 atom stereocenters. The Hall–Kier alpha value is -1.72. The van der Waals surface area contributed by atoms with E-state index in [0.29, 0.717) is 0 Å². The van der Waals surface area contributed by atoms with Crippen molar-refractivity contribution in [3.63, 3.8) is 0 Å². The number of nitrogens with zero attached hydrogens (tertiary/aromatic N) is 3. The number of halogens is 1. The Morgan fingerprint density at radius 2 is 2.27 bits per heavy atom. The molecule has 5 heteroatoms. The van der Waals surface area contributed by atoms with E-state index >= 15 is 0 Å². The van der Waals surface area contributed by atoms with E-state index in [0.717, 1.165) is 54.5 Å². The van der Waals surface area contributed by atoms with Crippen molar-refractivity contribution >= 4 is 38.1 Å². The minimum atomic E-state index is -0.103. The summed E-state index contributed by atoms with van der Waals surface area (Å²) in [6.45, 7) is 1.02. The number of rotatable bonds is 5. The number of aldehydes is 1. The molecule has 2 unspecified atom stereocenters. The highest BCUT2D eigenvalue weighted by atomic mass is 79.9. The maximum atomic E-state index is 11.7. The molecular formula is C21H24BrN3O. The molecule has 0 saturated carbocycles. The SMILES string of the molecule is CN(C)CCCC1C2=C(C=CC1C=O)n1ccc3c1C(=CCC3)C(Br)=N2.